The lowest BCUT2D eigenvalue weighted by Crippen LogP contribution is -2.51. The number of hydrogen-bond donors (Lipinski definition) is 2. The van der Waals surface area contributed by atoms with E-state index in [0.717, 1.165) is 17.7 Å². The van der Waals surface area contributed by atoms with Gasteiger partial charge in [0.2, 0.25) is 0 Å². The van der Waals surface area contributed by atoms with E-state index in [2.05, 4.69) is 20.3 Å². The van der Waals surface area contributed by atoms with Crippen LogP contribution in [0, 0.1) is 11.6 Å². The lowest BCUT2D eigenvalue weighted by Gasteiger charge is -2.34. The highest BCUT2D eigenvalue weighted by atomic mass is 19.1. The van der Waals surface area contributed by atoms with Crippen LogP contribution in [0.1, 0.15) is 51.4 Å². The molecule has 8 nitrogen and oxygen atoms in total. The number of ether oxygens (including phenoxy) is 1. The average molecular weight is 610 g/mol. The number of piperazine rings is 1. The van der Waals surface area contributed by atoms with Gasteiger partial charge < -0.3 is 20.1 Å². The number of rotatable bonds is 6. The lowest BCUT2D eigenvalue weighted by atomic mass is 9.94. The summed E-state index contributed by atoms with van der Waals surface area (Å²) in [6.45, 7) is -2.69. The summed E-state index contributed by atoms with van der Waals surface area (Å²) in [5.41, 5.74) is -1.84. The van der Waals surface area contributed by atoms with Crippen molar-refractivity contribution in [3.8, 4) is 23.0 Å². The number of fused-ring (bicyclic) bond motifs is 5. The van der Waals surface area contributed by atoms with Gasteiger partial charge in [0.1, 0.15) is 41.3 Å². The van der Waals surface area contributed by atoms with Crippen molar-refractivity contribution >= 4 is 27.5 Å². The first-order valence-electron chi connectivity index (χ1n) is 17.6. The van der Waals surface area contributed by atoms with Crippen LogP contribution in [-0.2, 0) is 6.42 Å². The fraction of sp³-hybridized carbons (Fsp3) is 0.485. The Bertz CT molecular complexity index is 2010. The highest BCUT2D eigenvalue weighted by Crippen LogP contribution is 2.42. The van der Waals surface area contributed by atoms with Gasteiger partial charge in [0.15, 0.2) is 5.82 Å². The maximum atomic E-state index is 17.0. The Kier molecular flexibility index (Phi) is 5.40. The molecule has 0 aliphatic carbocycles. The molecule has 6 heterocycles. The number of anilines is 1. The topological polar surface area (TPSA) is 86.6 Å². The lowest BCUT2D eigenvalue weighted by molar-refractivity contribution is 0.107. The molecule has 230 valence electrons. The summed E-state index contributed by atoms with van der Waals surface area (Å²) in [5.74, 6) is -1.32. The minimum Gasteiger partial charge on any atom is -0.508 e. The Morgan fingerprint density at radius 3 is 2.82 bits per heavy atom. The number of phenols is 1. The molecule has 0 spiro atoms. The summed E-state index contributed by atoms with van der Waals surface area (Å²) in [5, 5.41) is 15.2. The van der Waals surface area contributed by atoms with E-state index in [1.165, 1.54) is 30.5 Å². The molecule has 4 aliphatic heterocycles. The van der Waals surface area contributed by atoms with Gasteiger partial charge in [-0.2, -0.15) is 9.97 Å². The number of benzene rings is 2. The zero-order valence-corrected chi connectivity index (χ0v) is 24.1. The number of aromatic nitrogens is 3. The van der Waals surface area contributed by atoms with Crippen LogP contribution in [0.25, 0.3) is 32.9 Å². The zero-order chi connectivity index (χ0) is 34.7. The normalized spacial score (nSPS) is 31.5. The van der Waals surface area contributed by atoms with E-state index in [-0.39, 0.29) is 65.1 Å². The predicted molar refractivity (Wildman–Crippen MR) is 162 cm³/mol. The highest BCUT2D eigenvalue weighted by molar-refractivity contribution is 6.01. The van der Waals surface area contributed by atoms with Crippen molar-refractivity contribution in [2.75, 3.05) is 37.6 Å². The monoisotopic (exact) mass is 609 g/mol. The molecule has 4 aliphatic rings. The van der Waals surface area contributed by atoms with Gasteiger partial charge in [-0.05, 0) is 73.1 Å². The Morgan fingerprint density at radius 2 is 2.02 bits per heavy atom. The number of nitrogens with zero attached hydrogens (tertiary/aromatic N) is 5. The molecule has 44 heavy (non-hydrogen) atoms. The van der Waals surface area contributed by atoms with E-state index >= 15 is 13.2 Å². The molecule has 0 unspecified atom stereocenters. The Morgan fingerprint density at radius 1 is 1.20 bits per heavy atom. The quantitative estimate of drug-likeness (QED) is 0.305. The molecular formula is C33H35F3N6O2. The molecule has 2 bridgehead atoms. The number of pyridine rings is 1. The van der Waals surface area contributed by atoms with Gasteiger partial charge in [-0.3, -0.25) is 9.88 Å². The molecule has 2 aromatic carbocycles. The van der Waals surface area contributed by atoms with Crippen molar-refractivity contribution in [3.63, 3.8) is 0 Å². The standard InChI is InChI=1S/C33H35F3N6O2/c1-2-23-26(35)7-4-18-10-22(43)11-24(27(18)23)29-28(36)30-25(13-37-29)31(41-15-20-5-6-21(16-41)38-20)40-32(39-30)44-17-33-8-3-9-42(33)14-19(34)12-33/h4,7,10-11,13,19-21,38,43H,2-3,5-6,8-9,12,14-17H2,1H3/t19-,20-,21+,33+/m1/s1/i9D2,17D2,19D. The summed E-state index contributed by atoms with van der Waals surface area (Å²) in [6.07, 6.45) is 0.0930. The van der Waals surface area contributed by atoms with E-state index in [0.29, 0.717) is 29.4 Å². The predicted octanol–water partition coefficient (Wildman–Crippen LogP) is 5.29. The Labute approximate surface area is 260 Å². The van der Waals surface area contributed by atoms with Crippen LogP contribution < -0.4 is 15.0 Å². The van der Waals surface area contributed by atoms with Crippen LogP contribution in [0.2, 0.25) is 0 Å². The molecule has 4 aromatic rings. The van der Waals surface area contributed by atoms with E-state index in [9.17, 15) is 5.11 Å². The molecule has 11 heteroatoms. The number of hydrogen-bond acceptors (Lipinski definition) is 8. The van der Waals surface area contributed by atoms with Crippen LogP contribution in [0.4, 0.5) is 19.0 Å². The van der Waals surface area contributed by atoms with E-state index in [4.69, 9.17) is 11.6 Å². The Balaban J connectivity index is 1.30. The first kappa shape index (κ1) is 22.8. The molecule has 0 radical (unpaired) electrons. The second-order valence-electron chi connectivity index (χ2n) is 12.2. The van der Waals surface area contributed by atoms with Crippen molar-refractivity contribution in [1.82, 2.24) is 25.2 Å². The molecule has 2 N–H and O–H groups in total. The van der Waals surface area contributed by atoms with Gasteiger partial charge in [0.25, 0.3) is 0 Å². The summed E-state index contributed by atoms with van der Waals surface area (Å²) in [6, 6.07) is 5.33. The van der Waals surface area contributed by atoms with E-state index in [1.54, 1.807) is 6.92 Å². The third-order valence-corrected chi connectivity index (χ3v) is 9.43. The highest BCUT2D eigenvalue weighted by Gasteiger charge is 2.49. The third kappa shape index (κ3) is 4.46. The van der Waals surface area contributed by atoms with Gasteiger partial charge >= 0.3 is 6.01 Å². The van der Waals surface area contributed by atoms with Crippen LogP contribution in [0.5, 0.6) is 11.8 Å². The zero-order valence-electron chi connectivity index (χ0n) is 29.1. The molecule has 4 fully saturated rings. The summed E-state index contributed by atoms with van der Waals surface area (Å²) < 4.78 is 96.0. The van der Waals surface area contributed by atoms with Gasteiger partial charge in [-0.1, -0.05) is 13.0 Å². The van der Waals surface area contributed by atoms with Gasteiger partial charge in [-0.15, -0.1) is 0 Å². The van der Waals surface area contributed by atoms with Crippen molar-refractivity contribution in [1.29, 1.82) is 0 Å². The van der Waals surface area contributed by atoms with Crippen molar-refractivity contribution in [3.05, 3.63) is 47.7 Å². The van der Waals surface area contributed by atoms with E-state index in [1.807, 2.05) is 4.90 Å². The van der Waals surface area contributed by atoms with Crippen LogP contribution in [0.3, 0.4) is 0 Å². The fourth-order valence-corrected chi connectivity index (χ4v) is 7.40. The van der Waals surface area contributed by atoms with Crippen LogP contribution >= 0.6 is 0 Å². The summed E-state index contributed by atoms with van der Waals surface area (Å²) >= 11 is 0. The van der Waals surface area contributed by atoms with Crippen LogP contribution in [0.15, 0.2) is 30.5 Å². The molecular weight excluding hydrogens is 569 g/mol. The van der Waals surface area contributed by atoms with E-state index < -0.39 is 55.4 Å². The van der Waals surface area contributed by atoms with Crippen molar-refractivity contribution in [2.24, 2.45) is 0 Å². The van der Waals surface area contributed by atoms with Gasteiger partial charge in [-0.25, -0.2) is 13.2 Å². The average Bonchev–Trinajstić information content (AvgIpc) is 3.63. The Hall–Kier alpha value is -3.70. The first-order chi connectivity index (χ1) is 23.1. The fourth-order valence-electron chi connectivity index (χ4n) is 7.40. The maximum Gasteiger partial charge on any atom is 0.319 e. The minimum atomic E-state index is -2.79. The SMILES string of the molecule is [2H]C1([2H])CC[C@@]2(C([2H])([2H])Oc3nc(N4C[C@H]5CC[C@@H](C4)N5)c4cnc(-c5cc(O)cc6ccc(F)c(CC)c56)c(F)c4n3)C[C@@]([2H])(F)CN12. The first-order valence-corrected chi connectivity index (χ1v) is 15.1. The smallest absolute Gasteiger partial charge is 0.319 e. The number of nitrogens with one attached hydrogen (secondary N) is 1. The van der Waals surface area contributed by atoms with Crippen LogP contribution in [-0.4, -0.2) is 81.4 Å². The second-order valence-corrected chi connectivity index (χ2v) is 12.2. The number of halogens is 3. The molecule has 2 aromatic heterocycles. The van der Waals surface area contributed by atoms with Crippen molar-refractivity contribution in [2.45, 2.75) is 69.2 Å². The number of phenolic OH excluding ortho intramolecular Hbond substituents is 1. The molecule has 4 atom stereocenters. The largest absolute Gasteiger partial charge is 0.508 e. The number of aromatic hydroxyl groups is 1. The third-order valence-electron chi connectivity index (χ3n) is 9.43. The summed E-state index contributed by atoms with van der Waals surface area (Å²) in [7, 11) is 0. The number of alkyl halides is 1. The minimum absolute atomic E-state index is 0.0960. The molecule has 0 amide bonds. The molecule has 8 rings (SSSR count). The second kappa shape index (κ2) is 10.4. The maximum absolute atomic E-state index is 17.0. The summed E-state index contributed by atoms with van der Waals surface area (Å²) in [4.78, 5) is 16.4. The number of aryl methyl sites for hydroxylation is 1. The molecule has 0 saturated carbocycles. The van der Waals surface area contributed by atoms with Gasteiger partial charge in [0.05, 0.1) is 15.0 Å². The van der Waals surface area contributed by atoms with Crippen molar-refractivity contribution < 1.29 is 29.9 Å². The van der Waals surface area contributed by atoms with Gasteiger partial charge in [0, 0.05) is 52.6 Å². The molecule has 4 saturated heterocycles.